The smallest absolute Gasteiger partial charge is 0.135 e. The Hall–Kier alpha value is -3.41. The molecule has 0 saturated carbocycles. The summed E-state index contributed by atoms with van der Waals surface area (Å²) in [5.41, 5.74) is 10.1. The number of benzene rings is 1. The number of fused-ring (bicyclic) bond motifs is 2. The number of hydrogen-bond acceptors (Lipinski definition) is 6. The second-order valence-corrected chi connectivity index (χ2v) is 7.24. The minimum atomic E-state index is 0.426. The van der Waals surface area contributed by atoms with E-state index in [4.69, 9.17) is 10.5 Å². The van der Waals surface area contributed by atoms with Crippen LogP contribution in [0.15, 0.2) is 30.5 Å². The van der Waals surface area contributed by atoms with Crippen LogP contribution >= 0.6 is 0 Å². The Morgan fingerprint density at radius 3 is 2.78 bits per heavy atom. The first-order valence-corrected chi connectivity index (χ1v) is 10.9. The zero-order valence-electron chi connectivity index (χ0n) is 19.1. The average molecular weight is 434 g/mol. The minimum Gasteiger partial charge on any atom is -0.383 e. The SMILES string of the molecule is CC.COCC1CCCN1.Cc1nc2ccc(C#Cc3[nH]nc4ccnc(N)c34)cc2[nH]1. The lowest BCUT2D eigenvalue weighted by Crippen LogP contribution is -2.25. The van der Waals surface area contributed by atoms with Gasteiger partial charge in [0.1, 0.15) is 17.3 Å². The maximum absolute atomic E-state index is 5.90. The molecule has 1 aliphatic heterocycles. The Labute approximate surface area is 188 Å². The fourth-order valence-electron chi connectivity index (χ4n) is 3.53. The summed E-state index contributed by atoms with van der Waals surface area (Å²) in [5.74, 6) is 7.50. The number of hydrogen-bond donors (Lipinski definition) is 4. The van der Waals surface area contributed by atoms with Crippen LogP contribution in [-0.2, 0) is 4.74 Å². The highest BCUT2D eigenvalue weighted by Crippen LogP contribution is 2.20. The van der Waals surface area contributed by atoms with Crippen molar-refractivity contribution in [3.63, 3.8) is 0 Å². The number of aryl methyl sites for hydroxylation is 1. The molecule has 168 valence electrons. The summed E-state index contributed by atoms with van der Waals surface area (Å²) in [4.78, 5) is 11.6. The molecule has 0 bridgehead atoms. The van der Waals surface area contributed by atoms with Crippen molar-refractivity contribution in [2.75, 3.05) is 26.0 Å². The van der Waals surface area contributed by atoms with E-state index in [2.05, 4.69) is 42.3 Å². The van der Waals surface area contributed by atoms with E-state index in [1.807, 2.05) is 39.0 Å². The molecule has 1 aromatic carbocycles. The van der Waals surface area contributed by atoms with Crippen molar-refractivity contribution in [3.05, 3.63) is 47.5 Å². The van der Waals surface area contributed by atoms with Crippen LogP contribution in [0.3, 0.4) is 0 Å². The first kappa shape index (κ1) is 23.3. The van der Waals surface area contributed by atoms with E-state index in [0.29, 0.717) is 17.6 Å². The molecule has 5 N–H and O–H groups in total. The molecule has 1 unspecified atom stereocenters. The fraction of sp³-hybridized carbons (Fsp3) is 0.375. The number of aromatic nitrogens is 5. The van der Waals surface area contributed by atoms with Crippen molar-refractivity contribution < 1.29 is 4.74 Å². The molecular weight excluding hydrogens is 402 g/mol. The Morgan fingerprint density at radius 1 is 1.19 bits per heavy atom. The fourth-order valence-corrected chi connectivity index (χ4v) is 3.53. The lowest BCUT2D eigenvalue weighted by Gasteiger charge is -2.05. The molecular formula is C24H31N7O. The van der Waals surface area contributed by atoms with E-state index in [-0.39, 0.29) is 0 Å². The number of nitrogen functional groups attached to an aromatic ring is 1. The third-order valence-corrected chi connectivity index (χ3v) is 4.96. The lowest BCUT2D eigenvalue weighted by molar-refractivity contribution is 0.173. The quantitative estimate of drug-likeness (QED) is 0.359. The highest BCUT2D eigenvalue weighted by atomic mass is 16.5. The van der Waals surface area contributed by atoms with Crippen molar-refractivity contribution in [2.24, 2.45) is 0 Å². The number of imidazole rings is 1. The minimum absolute atomic E-state index is 0.426. The van der Waals surface area contributed by atoms with E-state index in [9.17, 15) is 0 Å². The molecule has 0 spiro atoms. The van der Waals surface area contributed by atoms with E-state index < -0.39 is 0 Å². The Morgan fingerprint density at radius 2 is 2.03 bits per heavy atom. The summed E-state index contributed by atoms with van der Waals surface area (Å²) >= 11 is 0. The van der Waals surface area contributed by atoms with Crippen LogP contribution in [0.25, 0.3) is 21.9 Å². The molecule has 1 saturated heterocycles. The molecule has 5 rings (SSSR count). The number of rotatable bonds is 2. The van der Waals surface area contributed by atoms with Crippen LogP contribution < -0.4 is 11.1 Å². The van der Waals surface area contributed by atoms with E-state index in [1.165, 1.54) is 19.4 Å². The average Bonchev–Trinajstić information content (AvgIpc) is 3.54. The molecule has 32 heavy (non-hydrogen) atoms. The van der Waals surface area contributed by atoms with Gasteiger partial charge in [0.25, 0.3) is 0 Å². The summed E-state index contributed by atoms with van der Waals surface area (Å²) < 4.78 is 4.96. The zero-order chi connectivity index (χ0) is 22.9. The summed E-state index contributed by atoms with van der Waals surface area (Å²) in [5, 5.41) is 11.2. The van der Waals surface area contributed by atoms with Gasteiger partial charge >= 0.3 is 0 Å². The number of nitrogens with zero attached hydrogens (tertiary/aromatic N) is 3. The lowest BCUT2D eigenvalue weighted by atomic mass is 10.2. The standard InChI is InChI=1S/C16H12N6.C6H13NO.C2H6/c1-9-19-11-4-2-10(8-14(11)20-9)3-5-12-15-13(22-21-12)6-7-18-16(15)17;1-8-5-6-3-2-4-7-6;1-2/h2,4,6-8H,1H3,(H2,17,18)(H,19,20)(H,21,22);6-7H,2-5H2,1H3;1-2H3. The topological polar surface area (TPSA) is 118 Å². The maximum atomic E-state index is 5.90. The number of nitrogens with one attached hydrogen (secondary N) is 3. The third-order valence-electron chi connectivity index (χ3n) is 4.96. The largest absolute Gasteiger partial charge is 0.383 e. The Kier molecular flexibility index (Phi) is 8.20. The van der Waals surface area contributed by atoms with Crippen LogP contribution in [0.1, 0.15) is 43.8 Å². The van der Waals surface area contributed by atoms with Crippen LogP contribution in [0, 0.1) is 18.8 Å². The van der Waals surface area contributed by atoms with Gasteiger partial charge in [-0.25, -0.2) is 9.97 Å². The molecule has 8 heteroatoms. The zero-order valence-corrected chi connectivity index (χ0v) is 19.1. The summed E-state index contributed by atoms with van der Waals surface area (Å²) in [7, 11) is 1.75. The summed E-state index contributed by atoms with van der Waals surface area (Å²) in [6, 6.07) is 8.30. The molecule has 1 atom stereocenters. The second-order valence-electron chi connectivity index (χ2n) is 7.24. The van der Waals surface area contributed by atoms with Crippen molar-refractivity contribution >= 4 is 27.8 Å². The maximum Gasteiger partial charge on any atom is 0.135 e. The number of aromatic amines is 2. The molecule has 0 radical (unpaired) electrons. The van der Waals surface area contributed by atoms with Crippen molar-refractivity contribution in [3.8, 4) is 11.8 Å². The van der Waals surface area contributed by atoms with Crippen molar-refractivity contribution in [1.29, 1.82) is 0 Å². The van der Waals surface area contributed by atoms with Crippen LogP contribution in [0.4, 0.5) is 5.82 Å². The summed E-state index contributed by atoms with van der Waals surface area (Å²) in [6.45, 7) is 7.98. The number of anilines is 1. The second kappa shape index (κ2) is 11.3. The normalized spacial score (nSPS) is 14.8. The predicted molar refractivity (Wildman–Crippen MR) is 129 cm³/mol. The molecule has 3 aromatic heterocycles. The van der Waals surface area contributed by atoms with Gasteiger partial charge in [0.2, 0.25) is 0 Å². The molecule has 1 aliphatic rings. The van der Waals surface area contributed by atoms with Gasteiger partial charge < -0.3 is 20.8 Å². The van der Waals surface area contributed by atoms with Gasteiger partial charge in [0, 0.05) is 24.9 Å². The first-order valence-electron chi connectivity index (χ1n) is 10.9. The van der Waals surface area contributed by atoms with E-state index in [1.54, 1.807) is 19.4 Å². The van der Waals surface area contributed by atoms with Crippen molar-refractivity contribution in [1.82, 2.24) is 30.5 Å². The van der Waals surface area contributed by atoms with Gasteiger partial charge in [-0.15, -0.1) is 0 Å². The number of methoxy groups -OCH3 is 1. The van der Waals surface area contributed by atoms with Crippen LogP contribution in [-0.4, -0.2) is 51.5 Å². The molecule has 0 aliphatic carbocycles. The number of ether oxygens (including phenoxy) is 1. The third kappa shape index (κ3) is 5.63. The number of pyridine rings is 1. The van der Waals surface area contributed by atoms with Gasteiger partial charge in [-0.1, -0.05) is 19.8 Å². The van der Waals surface area contributed by atoms with E-state index >= 15 is 0 Å². The highest BCUT2D eigenvalue weighted by Gasteiger charge is 2.12. The van der Waals surface area contributed by atoms with Gasteiger partial charge in [0.15, 0.2) is 0 Å². The van der Waals surface area contributed by atoms with Crippen LogP contribution in [0.5, 0.6) is 0 Å². The van der Waals surface area contributed by atoms with Crippen molar-refractivity contribution in [2.45, 2.75) is 39.7 Å². The van der Waals surface area contributed by atoms with Gasteiger partial charge in [-0.3, -0.25) is 5.10 Å². The monoisotopic (exact) mass is 433 g/mol. The predicted octanol–water partition coefficient (Wildman–Crippen LogP) is 3.54. The van der Waals surface area contributed by atoms with Crippen LogP contribution in [0.2, 0.25) is 0 Å². The van der Waals surface area contributed by atoms with Gasteiger partial charge in [0.05, 0.1) is 28.5 Å². The molecule has 4 aromatic rings. The molecule has 1 fully saturated rings. The molecule has 0 amide bonds. The van der Waals surface area contributed by atoms with E-state index in [0.717, 1.165) is 39.9 Å². The highest BCUT2D eigenvalue weighted by molar-refractivity contribution is 5.92. The number of H-pyrrole nitrogens is 2. The molecule has 4 heterocycles. The Bertz CT molecular complexity index is 1210. The Balaban J connectivity index is 0.000000244. The molecule has 8 nitrogen and oxygen atoms in total. The van der Waals surface area contributed by atoms with Gasteiger partial charge in [-0.2, -0.15) is 5.10 Å². The first-order chi connectivity index (χ1) is 15.6. The summed E-state index contributed by atoms with van der Waals surface area (Å²) in [6.07, 6.45) is 4.23. The van der Waals surface area contributed by atoms with Gasteiger partial charge in [-0.05, 0) is 56.5 Å². The number of nitrogens with two attached hydrogens (primary N) is 1.